The van der Waals surface area contributed by atoms with Crippen LogP contribution in [0.15, 0.2) is 24.3 Å². The number of hydrogen-bond acceptors (Lipinski definition) is 2. The van der Waals surface area contributed by atoms with Gasteiger partial charge in [-0.2, -0.15) is 0 Å². The van der Waals surface area contributed by atoms with Gasteiger partial charge < -0.3 is 10.1 Å². The van der Waals surface area contributed by atoms with E-state index >= 15 is 0 Å². The number of amides is 1. The molecule has 1 amide bonds. The molecule has 0 spiro atoms. The van der Waals surface area contributed by atoms with Crippen molar-refractivity contribution in [2.75, 3.05) is 5.32 Å². The molecular weight excluding hydrogens is 322 g/mol. The van der Waals surface area contributed by atoms with Gasteiger partial charge in [-0.25, -0.2) is 0 Å². The van der Waals surface area contributed by atoms with Crippen LogP contribution >= 0.6 is 11.6 Å². The second-order valence-electron chi connectivity index (χ2n) is 6.39. The zero-order valence-electron chi connectivity index (χ0n) is 15.1. The maximum atomic E-state index is 12.5. The van der Waals surface area contributed by atoms with Crippen molar-refractivity contribution < 1.29 is 9.53 Å². The maximum absolute atomic E-state index is 12.5. The van der Waals surface area contributed by atoms with E-state index in [1.807, 2.05) is 46.8 Å². The third-order valence-electron chi connectivity index (χ3n) is 4.02. The molecule has 0 fully saturated rings. The van der Waals surface area contributed by atoms with Crippen LogP contribution in [0.2, 0.25) is 5.02 Å². The number of benzene rings is 2. The molecule has 0 aliphatic carbocycles. The molecule has 128 valence electrons. The van der Waals surface area contributed by atoms with Crippen LogP contribution in [-0.4, -0.2) is 12.0 Å². The number of carbonyl (C=O) groups excluding carboxylic acids is 1. The lowest BCUT2D eigenvalue weighted by Crippen LogP contribution is -2.30. The number of nitrogens with one attached hydrogen (secondary N) is 1. The molecule has 0 radical (unpaired) electrons. The Morgan fingerprint density at radius 3 is 1.96 bits per heavy atom. The normalized spacial score (nSPS) is 12.0. The smallest absolute Gasteiger partial charge is 0.265 e. The molecule has 2 aromatic carbocycles. The highest BCUT2D eigenvalue weighted by atomic mass is 35.5. The standard InChI is InChI=1S/C20H24ClNO2/c1-11-7-14(4)19(15(5)8-11)22-20(23)16(6)24-17-9-12(2)18(21)13(3)10-17/h7-10,16H,1-6H3,(H,22,23). The quantitative estimate of drug-likeness (QED) is 0.817. The molecule has 2 aromatic rings. The average molecular weight is 346 g/mol. The van der Waals surface area contributed by atoms with Gasteiger partial charge in [0.15, 0.2) is 6.10 Å². The number of hydrogen-bond donors (Lipinski definition) is 1. The van der Waals surface area contributed by atoms with Crippen molar-refractivity contribution in [1.29, 1.82) is 0 Å². The van der Waals surface area contributed by atoms with Gasteiger partial charge in [0.05, 0.1) is 0 Å². The number of carbonyl (C=O) groups is 1. The van der Waals surface area contributed by atoms with E-state index in [4.69, 9.17) is 16.3 Å². The van der Waals surface area contributed by atoms with Gasteiger partial charge in [0.2, 0.25) is 0 Å². The molecule has 0 heterocycles. The Kier molecular flexibility index (Phi) is 5.55. The van der Waals surface area contributed by atoms with E-state index in [0.717, 1.165) is 33.0 Å². The third-order valence-corrected chi connectivity index (χ3v) is 4.61. The molecule has 0 aliphatic rings. The molecule has 2 rings (SSSR count). The van der Waals surface area contributed by atoms with Gasteiger partial charge in [-0.05, 0) is 75.9 Å². The van der Waals surface area contributed by atoms with Gasteiger partial charge in [-0.3, -0.25) is 4.79 Å². The van der Waals surface area contributed by atoms with Crippen molar-refractivity contribution in [2.45, 2.75) is 47.6 Å². The Morgan fingerprint density at radius 2 is 1.46 bits per heavy atom. The Labute approximate surface area is 149 Å². The minimum Gasteiger partial charge on any atom is -0.481 e. The highest BCUT2D eigenvalue weighted by Crippen LogP contribution is 2.27. The molecular formula is C20H24ClNO2. The monoisotopic (exact) mass is 345 g/mol. The summed E-state index contributed by atoms with van der Waals surface area (Å²) >= 11 is 6.17. The first-order valence-electron chi connectivity index (χ1n) is 8.01. The molecule has 1 N–H and O–H groups in total. The summed E-state index contributed by atoms with van der Waals surface area (Å²) in [7, 11) is 0. The Bertz CT molecular complexity index is 737. The lowest BCUT2D eigenvalue weighted by Gasteiger charge is -2.18. The van der Waals surface area contributed by atoms with Crippen LogP contribution in [0.25, 0.3) is 0 Å². The first-order chi connectivity index (χ1) is 11.2. The highest BCUT2D eigenvalue weighted by molar-refractivity contribution is 6.32. The second kappa shape index (κ2) is 7.27. The first kappa shape index (κ1) is 18.3. The Hall–Kier alpha value is -2.00. The fourth-order valence-electron chi connectivity index (χ4n) is 2.83. The summed E-state index contributed by atoms with van der Waals surface area (Å²) in [6, 6.07) is 7.81. The van der Waals surface area contributed by atoms with Gasteiger partial charge >= 0.3 is 0 Å². The largest absolute Gasteiger partial charge is 0.481 e. The van der Waals surface area contributed by atoms with Crippen molar-refractivity contribution in [3.8, 4) is 5.75 Å². The molecule has 0 saturated carbocycles. The van der Waals surface area contributed by atoms with E-state index in [2.05, 4.69) is 17.4 Å². The van der Waals surface area contributed by atoms with Crippen LogP contribution in [0.5, 0.6) is 5.75 Å². The van der Waals surface area contributed by atoms with Gasteiger partial charge in [0.25, 0.3) is 5.91 Å². The molecule has 3 nitrogen and oxygen atoms in total. The van der Waals surface area contributed by atoms with Crippen LogP contribution in [0, 0.1) is 34.6 Å². The summed E-state index contributed by atoms with van der Waals surface area (Å²) in [5.74, 6) is 0.477. The number of ether oxygens (including phenoxy) is 1. The summed E-state index contributed by atoms with van der Waals surface area (Å²) in [5, 5.41) is 3.70. The summed E-state index contributed by atoms with van der Waals surface area (Å²) in [6.07, 6.45) is -0.606. The summed E-state index contributed by atoms with van der Waals surface area (Å²) in [6.45, 7) is 11.6. The van der Waals surface area contributed by atoms with Crippen molar-refractivity contribution in [1.82, 2.24) is 0 Å². The number of anilines is 1. The molecule has 4 heteroatoms. The topological polar surface area (TPSA) is 38.3 Å². The van der Waals surface area contributed by atoms with Gasteiger partial charge in [-0.1, -0.05) is 29.3 Å². The van der Waals surface area contributed by atoms with E-state index in [-0.39, 0.29) is 5.91 Å². The predicted molar refractivity (Wildman–Crippen MR) is 100 cm³/mol. The average Bonchev–Trinajstić information content (AvgIpc) is 2.48. The lowest BCUT2D eigenvalue weighted by atomic mass is 10.0. The van der Waals surface area contributed by atoms with E-state index in [1.54, 1.807) is 6.92 Å². The Morgan fingerprint density at radius 1 is 0.958 bits per heavy atom. The zero-order chi connectivity index (χ0) is 18.0. The molecule has 0 aliphatic heterocycles. The predicted octanol–water partition coefficient (Wildman–Crippen LogP) is 5.29. The third kappa shape index (κ3) is 4.09. The van der Waals surface area contributed by atoms with Gasteiger partial charge in [0.1, 0.15) is 5.75 Å². The van der Waals surface area contributed by atoms with E-state index in [1.165, 1.54) is 5.56 Å². The fraction of sp³-hybridized carbons (Fsp3) is 0.350. The molecule has 1 unspecified atom stereocenters. The van der Waals surface area contributed by atoms with Crippen molar-refractivity contribution in [3.05, 3.63) is 57.1 Å². The van der Waals surface area contributed by atoms with Crippen LogP contribution in [0.1, 0.15) is 34.7 Å². The molecule has 0 aromatic heterocycles. The van der Waals surface area contributed by atoms with Crippen LogP contribution < -0.4 is 10.1 Å². The van der Waals surface area contributed by atoms with Crippen molar-refractivity contribution >= 4 is 23.2 Å². The molecule has 0 saturated heterocycles. The van der Waals surface area contributed by atoms with Crippen molar-refractivity contribution in [2.24, 2.45) is 0 Å². The fourth-order valence-corrected chi connectivity index (χ4v) is 2.94. The molecule has 1 atom stereocenters. The van der Waals surface area contributed by atoms with E-state index in [9.17, 15) is 4.79 Å². The lowest BCUT2D eigenvalue weighted by molar-refractivity contribution is -0.122. The molecule has 0 bridgehead atoms. The maximum Gasteiger partial charge on any atom is 0.265 e. The summed E-state index contributed by atoms with van der Waals surface area (Å²) in [4.78, 5) is 12.5. The van der Waals surface area contributed by atoms with Gasteiger partial charge in [-0.15, -0.1) is 0 Å². The van der Waals surface area contributed by atoms with Crippen LogP contribution in [0.3, 0.4) is 0 Å². The van der Waals surface area contributed by atoms with Crippen LogP contribution in [-0.2, 0) is 4.79 Å². The summed E-state index contributed by atoms with van der Waals surface area (Å²) < 4.78 is 5.80. The number of halogens is 1. The summed E-state index contributed by atoms with van der Waals surface area (Å²) in [5.41, 5.74) is 6.00. The number of rotatable bonds is 4. The van der Waals surface area contributed by atoms with Crippen LogP contribution in [0.4, 0.5) is 5.69 Å². The molecule has 24 heavy (non-hydrogen) atoms. The van der Waals surface area contributed by atoms with E-state index < -0.39 is 6.10 Å². The minimum absolute atomic E-state index is 0.171. The first-order valence-corrected chi connectivity index (χ1v) is 8.39. The SMILES string of the molecule is Cc1cc(C)c(NC(=O)C(C)Oc2cc(C)c(Cl)c(C)c2)c(C)c1. The second-order valence-corrected chi connectivity index (χ2v) is 6.77. The zero-order valence-corrected chi connectivity index (χ0v) is 15.8. The van der Waals surface area contributed by atoms with Crippen molar-refractivity contribution in [3.63, 3.8) is 0 Å². The Balaban J connectivity index is 2.13. The highest BCUT2D eigenvalue weighted by Gasteiger charge is 2.17. The van der Waals surface area contributed by atoms with Gasteiger partial charge in [0, 0.05) is 10.7 Å². The minimum atomic E-state index is -0.606. The van der Waals surface area contributed by atoms with E-state index in [0.29, 0.717) is 5.75 Å². The number of aryl methyl sites for hydroxylation is 5.